The predicted molar refractivity (Wildman–Crippen MR) is 76.9 cm³/mol. The smallest absolute Gasteiger partial charge is 0.335 e. The van der Waals surface area contributed by atoms with Crippen LogP contribution in [0.3, 0.4) is 0 Å². The molecule has 1 aromatic carbocycles. The molecule has 0 amide bonds. The molecule has 0 aliphatic carbocycles. The van der Waals surface area contributed by atoms with Crippen LogP contribution in [0.25, 0.3) is 0 Å². The van der Waals surface area contributed by atoms with Gasteiger partial charge in [0.15, 0.2) is 0 Å². The minimum absolute atomic E-state index is 0.349. The Morgan fingerprint density at radius 1 is 1.42 bits per heavy atom. The zero-order valence-corrected chi connectivity index (χ0v) is 11.4. The molecule has 1 fully saturated rings. The lowest BCUT2D eigenvalue weighted by Gasteiger charge is -2.35. The van der Waals surface area contributed by atoms with E-state index in [-0.39, 0.29) is 0 Å². The third kappa shape index (κ3) is 3.70. The van der Waals surface area contributed by atoms with Gasteiger partial charge in [-0.15, -0.1) is 0 Å². The second-order valence-corrected chi connectivity index (χ2v) is 5.09. The molecule has 4 heteroatoms. The largest absolute Gasteiger partial charge is 0.478 e. The summed E-state index contributed by atoms with van der Waals surface area (Å²) >= 11 is 0. The highest BCUT2D eigenvalue weighted by Crippen LogP contribution is 2.18. The fourth-order valence-corrected chi connectivity index (χ4v) is 2.52. The zero-order valence-electron chi connectivity index (χ0n) is 11.4. The number of aromatic carboxylic acids is 1. The molecule has 1 aliphatic heterocycles. The fraction of sp³-hybridized carbons (Fsp3) is 0.533. The van der Waals surface area contributed by atoms with Crippen molar-refractivity contribution in [3.8, 4) is 0 Å². The van der Waals surface area contributed by atoms with Gasteiger partial charge in [-0.1, -0.05) is 19.8 Å². The molecular weight excluding hydrogens is 240 g/mol. The summed E-state index contributed by atoms with van der Waals surface area (Å²) in [7, 11) is 0. The van der Waals surface area contributed by atoms with Gasteiger partial charge in [-0.25, -0.2) is 4.79 Å². The average molecular weight is 262 g/mol. The van der Waals surface area contributed by atoms with Crippen molar-refractivity contribution in [2.75, 3.05) is 24.5 Å². The van der Waals surface area contributed by atoms with Crippen LogP contribution in [0.4, 0.5) is 5.69 Å². The lowest BCUT2D eigenvalue weighted by Crippen LogP contribution is -2.50. The van der Waals surface area contributed by atoms with Crippen LogP contribution in [-0.2, 0) is 0 Å². The predicted octanol–water partition coefficient (Wildman–Crippen LogP) is 2.35. The van der Waals surface area contributed by atoms with Gasteiger partial charge in [0.05, 0.1) is 5.56 Å². The lowest BCUT2D eigenvalue weighted by atomic mass is 10.1. The van der Waals surface area contributed by atoms with Crippen molar-refractivity contribution in [3.05, 3.63) is 29.8 Å². The first-order chi connectivity index (χ1) is 9.20. The van der Waals surface area contributed by atoms with E-state index in [4.69, 9.17) is 5.11 Å². The molecule has 2 rings (SSSR count). The second-order valence-electron chi connectivity index (χ2n) is 5.09. The van der Waals surface area contributed by atoms with Crippen molar-refractivity contribution in [2.24, 2.45) is 0 Å². The molecule has 2 N–H and O–H groups in total. The van der Waals surface area contributed by atoms with Crippen molar-refractivity contribution in [1.82, 2.24) is 5.32 Å². The number of hydrogen-bond donors (Lipinski definition) is 2. The van der Waals surface area contributed by atoms with Crippen LogP contribution >= 0.6 is 0 Å². The van der Waals surface area contributed by atoms with Crippen LogP contribution in [0.15, 0.2) is 24.3 Å². The average Bonchev–Trinajstić information content (AvgIpc) is 2.45. The Kier molecular flexibility index (Phi) is 4.80. The van der Waals surface area contributed by atoms with Gasteiger partial charge >= 0.3 is 5.97 Å². The van der Waals surface area contributed by atoms with Gasteiger partial charge in [-0.3, -0.25) is 0 Å². The fourth-order valence-electron chi connectivity index (χ4n) is 2.52. The topological polar surface area (TPSA) is 52.6 Å². The standard InChI is InChI=1S/C15H22N2O2/c1-2-3-4-13-11-17(10-9-16-13)14-7-5-12(6-8-14)15(18)19/h5-8,13,16H,2-4,9-11H2,1H3,(H,18,19)/t13-/m0/s1. The van der Waals surface area contributed by atoms with Crippen LogP contribution in [0, 0.1) is 0 Å². The lowest BCUT2D eigenvalue weighted by molar-refractivity contribution is 0.0697. The molecule has 19 heavy (non-hydrogen) atoms. The highest BCUT2D eigenvalue weighted by atomic mass is 16.4. The first-order valence-corrected chi connectivity index (χ1v) is 7.02. The molecular formula is C15H22N2O2. The van der Waals surface area contributed by atoms with E-state index in [0.717, 1.165) is 25.3 Å². The van der Waals surface area contributed by atoms with E-state index in [1.165, 1.54) is 19.3 Å². The van der Waals surface area contributed by atoms with E-state index < -0.39 is 5.97 Å². The van der Waals surface area contributed by atoms with E-state index in [0.29, 0.717) is 11.6 Å². The molecule has 0 saturated carbocycles. The van der Waals surface area contributed by atoms with Crippen molar-refractivity contribution >= 4 is 11.7 Å². The van der Waals surface area contributed by atoms with E-state index in [9.17, 15) is 4.79 Å². The highest BCUT2D eigenvalue weighted by molar-refractivity contribution is 5.88. The van der Waals surface area contributed by atoms with Crippen molar-refractivity contribution < 1.29 is 9.90 Å². The molecule has 0 spiro atoms. The number of nitrogens with zero attached hydrogens (tertiary/aromatic N) is 1. The summed E-state index contributed by atoms with van der Waals surface area (Å²) in [4.78, 5) is 13.2. The van der Waals surface area contributed by atoms with E-state index in [2.05, 4.69) is 17.1 Å². The summed E-state index contributed by atoms with van der Waals surface area (Å²) in [5.41, 5.74) is 1.47. The summed E-state index contributed by atoms with van der Waals surface area (Å²) in [6, 6.07) is 7.73. The molecule has 1 aromatic rings. The number of benzene rings is 1. The number of carboxylic acid groups (broad SMARTS) is 1. The van der Waals surface area contributed by atoms with Crippen LogP contribution in [-0.4, -0.2) is 36.8 Å². The summed E-state index contributed by atoms with van der Waals surface area (Å²) < 4.78 is 0. The van der Waals surface area contributed by atoms with Crippen LogP contribution in [0.5, 0.6) is 0 Å². The van der Waals surface area contributed by atoms with Crippen LogP contribution < -0.4 is 10.2 Å². The maximum Gasteiger partial charge on any atom is 0.335 e. The highest BCUT2D eigenvalue weighted by Gasteiger charge is 2.19. The Morgan fingerprint density at radius 3 is 2.79 bits per heavy atom. The molecule has 1 aliphatic rings. The van der Waals surface area contributed by atoms with Gasteiger partial charge in [-0.05, 0) is 30.7 Å². The Hall–Kier alpha value is -1.55. The Labute approximate surface area is 114 Å². The van der Waals surface area contributed by atoms with Gasteiger partial charge in [0, 0.05) is 31.4 Å². The first-order valence-electron chi connectivity index (χ1n) is 7.02. The normalized spacial score (nSPS) is 19.4. The summed E-state index contributed by atoms with van der Waals surface area (Å²) in [5.74, 6) is -0.868. The molecule has 104 valence electrons. The quantitative estimate of drug-likeness (QED) is 0.855. The van der Waals surface area contributed by atoms with Crippen LogP contribution in [0.1, 0.15) is 36.5 Å². The first kappa shape index (κ1) is 13.9. The number of unbranched alkanes of at least 4 members (excludes halogenated alkanes) is 1. The van der Waals surface area contributed by atoms with Gasteiger partial charge in [-0.2, -0.15) is 0 Å². The van der Waals surface area contributed by atoms with E-state index in [1.807, 2.05) is 12.1 Å². The second kappa shape index (κ2) is 6.57. The number of hydrogen-bond acceptors (Lipinski definition) is 3. The van der Waals surface area contributed by atoms with Gasteiger partial charge < -0.3 is 15.3 Å². The number of carbonyl (C=O) groups is 1. The third-order valence-corrected chi connectivity index (χ3v) is 3.64. The third-order valence-electron chi connectivity index (χ3n) is 3.64. The number of rotatable bonds is 5. The van der Waals surface area contributed by atoms with Gasteiger partial charge in [0.1, 0.15) is 0 Å². The molecule has 0 bridgehead atoms. The monoisotopic (exact) mass is 262 g/mol. The van der Waals surface area contributed by atoms with Crippen LogP contribution in [0.2, 0.25) is 0 Å². The Morgan fingerprint density at radius 2 is 2.16 bits per heavy atom. The number of piperazine rings is 1. The molecule has 0 aromatic heterocycles. The molecule has 1 atom stereocenters. The maximum absolute atomic E-state index is 10.8. The zero-order chi connectivity index (χ0) is 13.7. The minimum Gasteiger partial charge on any atom is -0.478 e. The van der Waals surface area contributed by atoms with Gasteiger partial charge in [0.2, 0.25) is 0 Å². The van der Waals surface area contributed by atoms with E-state index >= 15 is 0 Å². The van der Waals surface area contributed by atoms with Crippen molar-refractivity contribution in [1.29, 1.82) is 0 Å². The number of anilines is 1. The minimum atomic E-state index is -0.868. The number of nitrogens with one attached hydrogen (secondary N) is 1. The Bertz CT molecular complexity index is 417. The molecule has 0 radical (unpaired) electrons. The number of carboxylic acids is 1. The molecule has 4 nitrogen and oxygen atoms in total. The summed E-state index contributed by atoms with van der Waals surface area (Å²) in [6.45, 7) is 5.20. The van der Waals surface area contributed by atoms with Crippen molar-refractivity contribution in [3.63, 3.8) is 0 Å². The summed E-state index contributed by atoms with van der Waals surface area (Å²) in [5, 5.41) is 12.4. The Balaban J connectivity index is 1.98. The van der Waals surface area contributed by atoms with E-state index in [1.54, 1.807) is 12.1 Å². The molecule has 1 heterocycles. The van der Waals surface area contributed by atoms with Crippen molar-refractivity contribution in [2.45, 2.75) is 32.2 Å². The summed E-state index contributed by atoms with van der Waals surface area (Å²) in [6.07, 6.45) is 3.69. The molecule has 1 saturated heterocycles. The van der Waals surface area contributed by atoms with Gasteiger partial charge in [0.25, 0.3) is 0 Å². The maximum atomic E-state index is 10.8. The SMILES string of the molecule is CCCC[C@H]1CN(c2ccc(C(=O)O)cc2)CCN1. The molecule has 0 unspecified atom stereocenters.